The molecule has 0 aliphatic carbocycles. The first-order valence-corrected chi connectivity index (χ1v) is 8.10. The first-order valence-electron chi connectivity index (χ1n) is 8.10. The molecule has 0 saturated heterocycles. The second-order valence-corrected chi connectivity index (χ2v) is 5.79. The molecule has 0 N–H and O–H groups in total. The number of aromatic nitrogens is 2. The summed E-state index contributed by atoms with van der Waals surface area (Å²) in [4.78, 5) is 26.5. The van der Waals surface area contributed by atoms with E-state index in [0.717, 1.165) is 11.4 Å². The summed E-state index contributed by atoms with van der Waals surface area (Å²) >= 11 is 0. The van der Waals surface area contributed by atoms with Crippen molar-refractivity contribution in [2.75, 3.05) is 19.1 Å². The molecule has 0 spiro atoms. The van der Waals surface area contributed by atoms with Crippen LogP contribution in [0.3, 0.4) is 0 Å². The van der Waals surface area contributed by atoms with Crippen molar-refractivity contribution < 1.29 is 14.3 Å². The van der Waals surface area contributed by atoms with Crippen LogP contribution in [0.2, 0.25) is 0 Å². The van der Waals surface area contributed by atoms with Gasteiger partial charge in [0.25, 0.3) is 5.91 Å². The molecule has 6 nitrogen and oxygen atoms in total. The Morgan fingerprint density at radius 2 is 1.62 bits per heavy atom. The van der Waals surface area contributed by atoms with Gasteiger partial charge in [-0.2, -0.15) is 5.10 Å². The lowest BCUT2D eigenvalue weighted by Crippen LogP contribution is -2.30. The predicted molar refractivity (Wildman–Crippen MR) is 98.8 cm³/mol. The number of aryl methyl sites for hydroxylation is 1. The Labute approximate surface area is 151 Å². The van der Waals surface area contributed by atoms with E-state index in [9.17, 15) is 9.59 Å². The van der Waals surface area contributed by atoms with Crippen LogP contribution in [0, 0.1) is 6.92 Å². The SMILES string of the molecule is COC(=O)c1ccccc1C(=O)N(C)c1cc(C)nn1-c1ccccc1. The highest BCUT2D eigenvalue weighted by atomic mass is 16.5. The zero-order valence-electron chi connectivity index (χ0n) is 14.8. The summed E-state index contributed by atoms with van der Waals surface area (Å²) in [7, 11) is 2.95. The maximum atomic E-state index is 13.1. The molecular formula is C20H19N3O3. The summed E-state index contributed by atoms with van der Waals surface area (Å²) in [6, 6.07) is 18.0. The zero-order valence-corrected chi connectivity index (χ0v) is 14.8. The van der Waals surface area contributed by atoms with Crippen LogP contribution in [0.1, 0.15) is 26.4 Å². The fraction of sp³-hybridized carbons (Fsp3) is 0.150. The van der Waals surface area contributed by atoms with Crippen LogP contribution in [-0.4, -0.2) is 35.8 Å². The molecule has 0 atom stereocenters. The topological polar surface area (TPSA) is 64.4 Å². The van der Waals surface area contributed by atoms with Crippen molar-refractivity contribution in [1.29, 1.82) is 0 Å². The average Bonchev–Trinajstić information content (AvgIpc) is 3.08. The number of esters is 1. The van der Waals surface area contributed by atoms with Crippen LogP contribution in [0.4, 0.5) is 5.82 Å². The number of nitrogens with zero attached hydrogens (tertiary/aromatic N) is 3. The van der Waals surface area contributed by atoms with Gasteiger partial charge in [0.1, 0.15) is 5.82 Å². The number of hydrogen-bond donors (Lipinski definition) is 0. The summed E-state index contributed by atoms with van der Waals surface area (Å²) in [6.07, 6.45) is 0. The number of ether oxygens (including phenoxy) is 1. The van der Waals surface area contributed by atoms with E-state index in [-0.39, 0.29) is 17.0 Å². The Bertz CT molecular complexity index is 948. The van der Waals surface area contributed by atoms with Crippen LogP contribution in [-0.2, 0) is 4.74 Å². The van der Waals surface area contributed by atoms with E-state index >= 15 is 0 Å². The van der Waals surface area contributed by atoms with Gasteiger partial charge < -0.3 is 4.74 Å². The van der Waals surface area contributed by atoms with Crippen LogP contribution in [0.5, 0.6) is 0 Å². The van der Waals surface area contributed by atoms with Crippen molar-refractivity contribution in [2.24, 2.45) is 0 Å². The number of amides is 1. The van der Waals surface area contributed by atoms with Gasteiger partial charge in [-0.15, -0.1) is 0 Å². The number of para-hydroxylation sites is 1. The maximum Gasteiger partial charge on any atom is 0.338 e. The van der Waals surface area contributed by atoms with Gasteiger partial charge in [-0.25, -0.2) is 9.48 Å². The van der Waals surface area contributed by atoms with E-state index in [0.29, 0.717) is 5.82 Å². The molecule has 0 fully saturated rings. The highest BCUT2D eigenvalue weighted by Gasteiger charge is 2.23. The first kappa shape index (κ1) is 17.4. The van der Waals surface area contributed by atoms with Gasteiger partial charge in [0.15, 0.2) is 0 Å². The Balaban J connectivity index is 2.03. The standard InChI is InChI=1S/C20H19N3O3/c1-14-13-18(23(21-14)15-9-5-4-6-10-15)22(2)19(24)16-11-7-8-12-17(16)20(25)26-3/h4-13H,1-3H3. The Morgan fingerprint density at radius 1 is 1.00 bits per heavy atom. The van der Waals surface area contributed by atoms with E-state index in [4.69, 9.17) is 4.74 Å². The molecule has 0 unspecified atom stereocenters. The summed E-state index contributed by atoms with van der Waals surface area (Å²) in [5, 5.41) is 4.48. The van der Waals surface area contributed by atoms with E-state index in [1.165, 1.54) is 12.0 Å². The number of hydrogen-bond acceptors (Lipinski definition) is 4. The predicted octanol–water partition coefficient (Wildman–Crippen LogP) is 3.24. The number of rotatable bonds is 4. The number of benzene rings is 2. The molecule has 1 amide bonds. The summed E-state index contributed by atoms with van der Waals surface area (Å²) in [5.41, 5.74) is 2.14. The molecule has 3 rings (SSSR count). The van der Waals surface area contributed by atoms with E-state index < -0.39 is 5.97 Å². The van der Waals surface area contributed by atoms with Crippen LogP contribution >= 0.6 is 0 Å². The maximum absolute atomic E-state index is 13.1. The first-order chi connectivity index (χ1) is 12.5. The number of carbonyl (C=O) groups is 2. The average molecular weight is 349 g/mol. The van der Waals surface area contributed by atoms with Gasteiger partial charge in [-0.3, -0.25) is 9.69 Å². The number of methoxy groups -OCH3 is 1. The van der Waals surface area contributed by atoms with Crippen molar-refractivity contribution in [3.8, 4) is 5.69 Å². The van der Waals surface area contributed by atoms with Gasteiger partial charge in [0.2, 0.25) is 0 Å². The normalized spacial score (nSPS) is 10.4. The van der Waals surface area contributed by atoms with Crippen LogP contribution in [0.25, 0.3) is 5.69 Å². The quantitative estimate of drug-likeness (QED) is 0.678. The third-order valence-electron chi connectivity index (χ3n) is 4.02. The molecule has 0 aliphatic heterocycles. The van der Waals surface area contributed by atoms with E-state index in [1.807, 2.05) is 43.3 Å². The van der Waals surface area contributed by atoms with Gasteiger partial charge in [0.05, 0.1) is 29.6 Å². The van der Waals surface area contributed by atoms with Gasteiger partial charge >= 0.3 is 5.97 Å². The van der Waals surface area contributed by atoms with Crippen molar-refractivity contribution in [1.82, 2.24) is 9.78 Å². The lowest BCUT2D eigenvalue weighted by atomic mass is 10.1. The second kappa shape index (κ2) is 7.23. The summed E-state index contributed by atoms with van der Waals surface area (Å²) in [6.45, 7) is 1.86. The third kappa shape index (κ3) is 3.21. The minimum Gasteiger partial charge on any atom is -0.465 e. The minimum atomic E-state index is -0.546. The molecule has 3 aromatic rings. The van der Waals surface area contributed by atoms with Crippen molar-refractivity contribution in [2.45, 2.75) is 6.92 Å². The third-order valence-corrected chi connectivity index (χ3v) is 4.02. The Kier molecular flexibility index (Phi) is 4.84. The molecule has 1 aromatic heterocycles. The fourth-order valence-electron chi connectivity index (χ4n) is 2.73. The summed E-state index contributed by atoms with van der Waals surface area (Å²) in [5.74, 6) is -0.253. The van der Waals surface area contributed by atoms with Gasteiger partial charge in [0, 0.05) is 13.1 Å². The molecular weight excluding hydrogens is 330 g/mol. The number of anilines is 1. The van der Waals surface area contributed by atoms with Crippen molar-refractivity contribution in [3.05, 3.63) is 77.5 Å². The highest BCUT2D eigenvalue weighted by Crippen LogP contribution is 2.23. The fourth-order valence-corrected chi connectivity index (χ4v) is 2.73. The van der Waals surface area contributed by atoms with Crippen molar-refractivity contribution in [3.63, 3.8) is 0 Å². The van der Waals surface area contributed by atoms with Gasteiger partial charge in [-0.05, 0) is 31.2 Å². The lowest BCUT2D eigenvalue weighted by molar-refractivity contribution is 0.0597. The van der Waals surface area contributed by atoms with E-state index in [1.54, 1.807) is 36.0 Å². The summed E-state index contributed by atoms with van der Waals surface area (Å²) < 4.78 is 6.48. The number of carbonyl (C=O) groups excluding carboxylic acids is 2. The largest absolute Gasteiger partial charge is 0.465 e. The van der Waals surface area contributed by atoms with Crippen LogP contribution < -0.4 is 4.90 Å². The molecule has 6 heteroatoms. The smallest absolute Gasteiger partial charge is 0.338 e. The molecule has 26 heavy (non-hydrogen) atoms. The molecule has 0 radical (unpaired) electrons. The minimum absolute atomic E-state index is 0.231. The molecule has 0 saturated carbocycles. The van der Waals surface area contributed by atoms with Crippen molar-refractivity contribution >= 4 is 17.7 Å². The highest BCUT2D eigenvalue weighted by molar-refractivity contribution is 6.11. The Hall–Kier alpha value is -3.41. The molecule has 132 valence electrons. The van der Waals surface area contributed by atoms with Gasteiger partial charge in [-0.1, -0.05) is 30.3 Å². The molecule has 0 bridgehead atoms. The lowest BCUT2D eigenvalue weighted by Gasteiger charge is -2.19. The molecule has 0 aliphatic rings. The molecule has 1 heterocycles. The van der Waals surface area contributed by atoms with Crippen LogP contribution in [0.15, 0.2) is 60.7 Å². The molecule has 2 aromatic carbocycles. The van der Waals surface area contributed by atoms with E-state index in [2.05, 4.69) is 5.10 Å². The second-order valence-electron chi connectivity index (χ2n) is 5.79. The Morgan fingerprint density at radius 3 is 2.27 bits per heavy atom. The zero-order chi connectivity index (χ0) is 18.7. The monoisotopic (exact) mass is 349 g/mol.